The molecule has 1 N–H and O–H groups in total. The van der Waals surface area contributed by atoms with E-state index in [1.807, 2.05) is 31.2 Å². The maximum atomic E-state index is 10.6. The molecular formula is C11H12O3. The van der Waals surface area contributed by atoms with E-state index in [9.17, 15) is 4.79 Å². The molecule has 1 aliphatic carbocycles. The van der Waals surface area contributed by atoms with E-state index in [1.54, 1.807) is 0 Å². The van der Waals surface area contributed by atoms with Gasteiger partial charge in [-0.3, -0.25) is 4.79 Å². The van der Waals surface area contributed by atoms with Crippen LogP contribution >= 0.6 is 0 Å². The van der Waals surface area contributed by atoms with Crippen LogP contribution in [0.25, 0.3) is 0 Å². The van der Waals surface area contributed by atoms with Crippen LogP contribution in [0.15, 0.2) is 24.3 Å². The zero-order valence-electron chi connectivity index (χ0n) is 7.93. The summed E-state index contributed by atoms with van der Waals surface area (Å²) in [5.74, 6) is -0.278. The fourth-order valence-electron chi connectivity index (χ4n) is 1.41. The van der Waals surface area contributed by atoms with Crippen molar-refractivity contribution in [2.45, 2.75) is 19.4 Å². The predicted molar refractivity (Wildman–Crippen MR) is 51.3 cm³/mol. The second kappa shape index (κ2) is 3.33. The SMILES string of the molecule is Cc1ccccc1OC1CC1C(=O)O. The van der Waals surface area contributed by atoms with Crippen molar-refractivity contribution < 1.29 is 14.6 Å². The van der Waals surface area contributed by atoms with E-state index in [4.69, 9.17) is 9.84 Å². The van der Waals surface area contributed by atoms with Crippen molar-refractivity contribution in [2.75, 3.05) is 0 Å². The Morgan fingerprint density at radius 2 is 2.21 bits per heavy atom. The Morgan fingerprint density at radius 3 is 2.79 bits per heavy atom. The molecule has 1 aliphatic rings. The molecule has 3 heteroatoms. The molecule has 1 saturated carbocycles. The summed E-state index contributed by atoms with van der Waals surface area (Å²) in [5, 5.41) is 8.69. The molecule has 3 nitrogen and oxygen atoms in total. The largest absolute Gasteiger partial charge is 0.489 e. The topological polar surface area (TPSA) is 46.5 Å². The van der Waals surface area contributed by atoms with Gasteiger partial charge in [0, 0.05) is 6.42 Å². The molecule has 0 bridgehead atoms. The molecule has 2 unspecified atom stereocenters. The van der Waals surface area contributed by atoms with Crippen LogP contribution < -0.4 is 4.74 Å². The van der Waals surface area contributed by atoms with Crippen LogP contribution in [0, 0.1) is 12.8 Å². The number of carboxylic acids is 1. The smallest absolute Gasteiger partial charge is 0.310 e. The second-order valence-corrected chi connectivity index (χ2v) is 3.60. The first-order chi connectivity index (χ1) is 6.68. The van der Waals surface area contributed by atoms with Crippen molar-refractivity contribution in [3.05, 3.63) is 29.8 Å². The number of aliphatic carboxylic acids is 1. The van der Waals surface area contributed by atoms with Crippen LogP contribution in [0.2, 0.25) is 0 Å². The Hall–Kier alpha value is -1.51. The minimum Gasteiger partial charge on any atom is -0.489 e. The molecule has 0 heterocycles. The number of hydrogen-bond donors (Lipinski definition) is 1. The molecule has 0 radical (unpaired) electrons. The van der Waals surface area contributed by atoms with Gasteiger partial charge in [0.2, 0.25) is 0 Å². The van der Waals surface area contributed by atoms with Gasteiger partial charge in [0.25, 0.3) is 0 Å². The summed E-state index contributed by atoms with van der Waals surface area (Å²) < 4.78 is 5.55. The first-order valence-electron chi connectivity index (χ1n) is 4.63. The van der Waals surface area contributed by atoms with Crippen LogP contribution in [0.4, 0.5) is 0 Å². The Bertz CT molecular complexity index is 359. The lowest BCUT2D eigenvalue weighted by molar-refractivity contribution is -0.139. The number of ether oxygens (including phenoxy) is 1. The molecule has 1 fully saturated rings. The number of rotatable bonds is 3. The highest BCUT2D eigenvalue weighted by Gasteiger charge is 2.45. The first kappa shape index (κ1) is 9.06. The molecule has 14 heavy (non-hydrogen) atoms. The number of benzene rings is 1. The molecule has 2 rings (SSSR count). The van der Waals surface area contributed by atoms with Gasteiger partial charge in [0.1, 0.15) is 11.9 Å². The highest BCUT2D eigenvalue weighted by Crippen LogP contribution is 2.35. The zero-order valence-corrected chi connectivity index (χ0v) is 7.93. The average molecular weight is 192 g/mol. The third-order valence-electron chi connectivity index (χ3n) is 2.42. The lowest BCUT2D eigenvalue weighted by Crippen LogP contribution is -2.07. The van der Waals surface area contributed by atoms with Crippen LogP contribution in [-0.2, 0) is 4.79 Å². The lowest BCUT2D eigenvalue weighted by atomic mass is 10.2. The number of aryl methyl sites for hydroxylation is 1. The summed E-state index contributed by atoms with van der Waals surface area (Å²) in [5.41, 5.74) is 1.04. The van der Waals surface area contributed by atoms with E-state index in [-0.39, 0.29) is 12.0 Å². The number of carboxylic acid groups (broad SMARTS) is 1. The molecule has 1 aromatic rings. The standard InChI is InChI=1S/C11H12O3/c1-7-4-2-3-5-9(7)14-10-6-8(10)11(12)13/h2-5,8,10H,6H2,1H3,(H,12,13). The lowest BCUT2D eigenvalue weighted by Gasteiger charge is -2.07. The maximum Gasteiger partial charge on any atom is 0.310 e. The summed E-state index contributed by atoms with van der Waals surface area (Å²) >= 11 is 0. The van der Waals surface area contributed by atoms with Crippen molar-refractivity contribution in [3.8, 4) is 5.75 Å². The third kappa shape index (κ3) is 1.71. The van der Waals surface area contributed by atoms with Crippen LogP contribution in [0.3, 0.4) is 0 Å². The van der Waals surface area contributed by atoms with Crippen LogP contribution in [-0.4, -0.2) is 17.2 Å². The van der Waals surface area contributed by atoms with Crippen molar-refractivity contribution in [1.29, 1.82) is 0 Å². The number of hydrogen-bond acceptors (Lipinski definition) is 2. The first-order valence-corrected chi connectivity index (χ1v) is 4.63. The van der Waals surface area contributed by atoms with Crippen LogP contribution in [0.5, 0.6) is 5.75 Å². The highest BCUT2D eigenvalue weighted by molar-refractivity contribution is 5.74. The van der Waals surface area contributed by atoms with Crippen molar-refractivity contribution >= 4 is 5.97 Å². The molecule has 0 spiro atoms. The summed E-state index contributed by atoms with van der Waals surface area (Å²) in [4.78, 5) is 10.6. The Morgan fingerprint density at radius 1 is 1.50 bits per heavy atom. The monoisotopic (exact) mass is 192 g/mol. The van der Waals surface area contributed by atoms with Gasteiger partial charge >= 0.3 is 5.97 Å². The quantitative estimate of drug-likeness (QED) is 0.794. The van der Waals surface area contributed by atoms with Crippen molar-refractivity contribution in [2.24, 2.45) is 5.92 Å². The fraction of sp³-hybridized carbons (Fsp3) is 0.364. The van der Waals surface area contributed by atoms with Crippen molar-refractivity contribution in [1.82, 2.24) is 0 Å². The van der Waals surface area contributed by atoms with E-state index in [0.29, 0.717) is 6.42 Å². The van der Waals surface area contributed by atoms with Crippen LogP contribution in [0.1, 0.15) is 12.0 Å². The maximum absolute atomic E-state index is 10.6. The number of carbonyl (C=O) groups is 1. The van der Waals surface area contributed by atoms with Gasteiger partial charge in [-0.15, -0.1) is 0 Å². The molecule has 74 valence electrons. The summed E-state index contributed by atoms with van der Waals surface area (Å²) in [7, 11) is 0. The number of para-hydroxylation sites is 1. The summed E-state index contributed by atoms with van der Waals surface area (Å²) in [6.45, 7) is 1.95. The third-order valence-corrected chi connectivity index (χ3v) is 2.42. The van der Waals surface area contributed by atoms with E-state index in [2.05, 4.69) is 0 Å². The second-order valence-electron chi connectivity index (χ2n) is 3.60. The van der Waals surface area contributed by atoms with E-state index in [0.717, 1.165) is 11.3 Å². The van der Waals surface area contributed by atoms with Gasteiger partial charge < -0.3 is 9.84 Å². The Balaban J connectivity index is 2.00. The van der Waals surface area contributed by atoms with Gasteiger partial charge in [0.05, 0.1) is 5.92 Å². The van der Waals surface area contributed by atoms with Gasteiger partial charge in [-0.25, -0.2) is 0 Å². The minimum atomic E-state index is -0.761. The summed E-state index contributed by atoms with van der Waals surface area (Å²) in [6.07, 6.45) is 0.498. The zero-order chi connectivity index (χ0) is 10.1. The van der Waals surface area contributed by atoms with Gasteiger partial charge in [0.15, 0.2) is 0 Å². The van der Waals surface area contributed by atoms with E-state index >= 15 is 0 Å². The molecule has 0 aliphatic heterocycles. The predicted octanol–water partition coefficient (Wildman–Crippen LogP) is 1.85. The minimum absolute atomic E-state index is 0.131. The van der Waals surface area contributed by atoms with Gasteiger partial charge in [-0.2, -0.15) is 0 Å². The van der Waals surface area contributed by atoms with Gasteiger partial charge in [-0.1, -0.05) is 18.2 Å². The summed E-state index contributed by atoms with van der Waals surface area (Å²) in [6, 6.07) is 7.64. The molecule has 0 amide bonds. The Kier molecular flexibility index (Phi) is 2.15. The fourth-order valence-corrected chi connectivity index (χ4v) is 1.41. The average Bonchev–Trinajstić information content (AvgIpc) is 2.88. The molecule has 0 saturated heterocycles. The molecule has 0 aromatic heterocycles. The van der Waals surface area contributed by atoms with Crippen molar-refractivity contribution in [3.63, 3.8) is 0 Å². The highest BCUT2D eigenvalue weighted by atomic mass is 16.5. The van der Waals surface area contributed by atoms with E-state index < -0.39 is 5.97 Å². The van der Waals surface area contributed by atoms with Gasteiger partial charge in [-0.05, 0) is 18.6 Å². The van der Waals surface area contributed by atoms with E-state index in [1.165, 1.54) is 0 Å². The normalized spacial score (nSPS) is 24.4. The Labute approximate surface area is 82.3 Å². The molecular weight excluding hydrogens is 180 g/mol. The molecule has 1 aromatic carbocycles. The molecule has 2 atom stereocenters.